The van der Waals surface area contributed by atoms with E-state index < -0.39 is 95.4 Å². The van der Waals surface area contributed by atoms with Crippen LogP contribution in [0.15, 0.2) is 151 Å². The van der Waals surface area contributed by atoms with Gasteiger partial charge < -0.3 is 9.30 Å². The molecule has 0 unspecified atom stereocenters. The van der Waals surface area contributed by atoms with Crippen LogP contribution in [0.2, 0.25) is 0 Å². The molecule has 0 bridgehead atoms. The van der Waals surface area contributed by atoms with E-state index in [1.807, 2.05) is 66.7 Å². The van der Waals surface area contributed by atoms with Crippen LogP contribution in [-0.2, 0) is 0 Å². The minimum Gasteiger partial charge on any atom is -0.456 e. The number of hydrogen-bond acceptors (Lipinski definition) is 1. The summed E-state index contributed by atoms with van der Waals surface area (Å²) in [5.41, 5.74) is 1.78. The second kappa shape index (κ2) is 8.95. The Balaban J connectivity index is 1.30. The Kier molecular flexibility index (Phi) is 2.95. The van der Waals surface area contributed by atoms with Crippen molar-refractivity contribution in [2.45, 2.75) is 0 Å². The third-order valence-corrected chi connectivity index (χ3v) is 7.55. The number of fused-ring (bicyclic) bond motifs is 5. The smallest absolute Gasteiger partial charge is 0.135 e. The first-order chi connectivity index (χ1) is 26.3. The zero-order chi connectivity index (χ0) is 38.9. The topological polar surface area (TPSA) is 14.2 Å². The van der Waals surface area contributed by atoms with Gasteiger partial charge in [0.1, 0.15) is 11.5 Å². The molecule has 9 rings (SSSR count). The van der Waals surface area contributed by atoms with E-state index in [4.69, 9.17) is 15.7 Å². The van der Waals surface area contributed by atoms with Gasteiger partial charge in [-0.25, -0.2) is 0 Å². The van der Waals surface area contributed by atoms with Gasteiger partial charge in [-0.1, -0.05) is 103 Å². The van der Waals surface area contributed by atoms with Crippen LogP contribution in [-0.4, -0.2) is 4.57 Å². The zero-order valence-corrected chi connectivity index (χ0v) is 21.8. The zero-order valence-electron chi connectivity index (χ0n) is 34.8. The quantitative estimate of drug-likeness (QED) is 0.214. The molecule has 0 saturated heterocycles. The number of benzene rings is 7. The molecule has 0 amide bonds. The Morgan fingerprint density at radius 1 is 0.524 bits per heavy atom. The SMILES string of the molecule is [2H]c1c([2H])c(-c2c([2H])c([2H])c(-c3ccc4c(c3)c3ccccc3n4-c3ccccc3)c([2H])c2[2H])c([2H])c2c1Oc1c([2H])c([2H])c([2H])c3c([2H])c([2H])c([2H])c-2c13. The normalized spacial score (nSPS) is 16.3. The molecule has 0 spiro atoms. The van der Waals surface area contributed by atoms with E-state index in [0.717, 1.165) is 27.5 Å². The van der Waals surface area contributed by atoms with Crippen LogP contribution >= 0.6 is 0 Å². The fourth-order valence-electron chi connectivity index (χ4n) is 5.64. The highest BCUT2D eigenvalue weighted by atomic mass is 16.5. The van der Waals surface area contributed by atoms with Crippen LogP contribution in [0.25, 0.3) is 71.6 Å². The van der Waals surface area contributed by atoms with Gasteiger partial charge in [-0.15, -0.1) is 0 Å². The van der Waals surface area contributed by atoms with Gasteiger partial charge in [0, 0.05) is 27.4 Å². The van der Waals surface area contributed by atoms with Gasteiger partial charge in [0.25, 0.3) is 0 Å². The summed E-state index contributed by atoms with van der Waals surface area (Å²) in [6, 6.07) is 15.6. The maximum absolute atomic E-state index is 9.37. The van der Waals surface area contributed by atoms with E-state index in [1.165, 1.54) is 0 Å². The molecule has 2 nitrogen and oxygen atoms in total. The van der Waals surface area contributed by atoms with Crippen molar-refractivity contribution in [3.05, 3.63) is 151 Å². The van der Waals surface area contributed by atoms with Crippen LogP contribution in [0.5, 0.6) is 11.5 Å². The predicted molar refractivity (Wildman–Crippen MR) is 175 cm³/mol. The average molecular weight is 549 g/mol. The first-order valence-electron chi connectivity index (χ1n) is 19.8. The summed E-state index contributed by atoms with van der Waals surface area (Å²) in [5, 5.41) is 1.35. The lowest BCUT2D eigenvalue weighted by Crippen LogP contribution is -1.97. The van der Waals surface area contributed by atoms with Gasteiger partial charge in [0.15, 0.2) is 0 Å². The Labute approximate surface area is 261 Å². The van der Waals surface area contributed by atoms with Crippen molar-refractivity contribution >= 4 is 32.6 Å². The molecular weight excluding hydrogens is 510 g/mol. The fourth-order valence-corrected chi connectivity index (χ4v) is 5.64. The largest absolute Gasteiger partial charge is 0.456 e. The minimum atomic E-state index is -0.670. The summed E-state index contributed by atoms with van der Waals surface area (Å²) in [6.45, 7) is 0. The molecule has 1 aliphatic rings. The minimum absolute atomic E-state index is 0.00578. The molecule has 2 heteroatoms. The monoisotopic (exact) mass is 548 g/mol. The van der Waals surface area contributed by atoms with Crippen molar-refractivity contribution < 1.29 is 22.6 Å². The second-order valence-corrected chi connectivity index (χ2v) is 9.93. The molecule has 0 fully saturated rings. The Bertz CT molecular complexity index is 3010. The fraction of sp³-hybridized carbons (Fsp3) is 0. The highest BCUT2D eigenvalue weighted by molar-refractivity contribution is 6.10. The Morgan fingerprint density at radius 3 is 2.10 bits per heavy atom. The lowest BCUT2D eigenvalue weighted by Gasteiger charge is -2.22. The van der Waals surface area contributed by atoms with Crippen LogP contribution in [0, 0.1) is 0 Å². The highest BCUT2D eigenvalue weighted by Crippen LogP contribution is 2.47. The summed E-state index contributed by atoms with van der Waals surface area (Å²) in [6.07, 6.45) is 0. The molecule has 42 heavy (non-hydrogen) atoms. The number of hydrogen-bond donors (Lipinski definition) is 0. The lowest BCUT2D eigenvalue weighted by molar-refractivity contribution is 0.487. The van der Waals surface area contributed by atoms with Gasteiger partial charge >= 0.3 is 0 Å². The van der Waals surface area contributed by atoms with Gasteiger partial charge in [0.05, 0.1) is 28.9 Å². The summed E-state index contributed by atoms with van der Waals surface area (Å²) in [7, 11) is 0. The highest BCUT2D eigenvalue weighted by Gasteiger charge is 2.20. The van der Waals surface area contributed by atoms with E-state index in [1.54, 1.807) is 6.07 Å². The molecule has 7 aromatic carbocycles. The Morgan fingerprint density at radius 2 is 1.24 bits per heavy atom. The number of aromatic nitrogens is 1. The molecule has 1 aromatic heterocycles. The summed E-state index contributed by atoms with van der Waals surface area (Å²) >= 11 is 0. The Hall–Kier alpha value is -5.60. The van der Waals surface area contributed by atoms with Crippen molar-refractivity contribution in [3.63, 3.8) is 0 Å². The predicted octanol–water partition coefficient (Wildman–Crippen LogP) is 11.0. The first-order valence-corrected chi connectivity index (χ1v) is 13.3. The molecule has 8 aromatic rings. The average Bonchev–Trinajstić information content (AvgIpc) is 3.52. The molecule has 0 radical (unpaired) electrons. The van der Waals surface area contributed by atoms with Gasteiger partial charge in [-0.05, 0) is 81.7 Å². The molecule has 0 N–H and O–H groups in total. The number of nitrogens with zero attached hydrogens (tertiary/aromatic N) is 1. The molecule has 1 aliphatic heterocycles. The van der Waals surface area contributed by atoms with Crippen LogP contribution in [0.4, 0.5) is 0 Å². The second-order valence-electron chi connectivity index (χ2n) is 9.93. The van der Waals surface area contributed by atoms with Crippen molar-refractivity contribution in [3.8, 4) is 50.6 Å². The maximum atomic E-state index is 9.37. The summed E-state index contributed by atoms with van der Waals surface area (Å²) in [4.78, 5) is 0. The number of rotatable bonds is 3. The van der Waals surface area contributed by atoms with E-state index in [0.29, 0.717) is 5.56 Å². The van der Waals surface area contributed by atoms with E-state index in [-0.39, 0.29) is 33.2 Å². The number of ether oxygens (including phenoxy) is 1. The van der Waals surface area contributed by atoms with Gasteiger partial charge in [-0.3, -0.25) is 0 Å². The summed E-state index contributed by atoms with van der Waals surface area (Å²) < 4.78 is 123. The van der Waals surface area contributed by atoms with E-state index >= 15 is 0 Å². The van der Waals surface area contributed by atoms with E-state index in [9.17, 15) is 6.85 Å². The van der Waals surface area contributed by atoms with Crippen LogP contribution in [0.1, 0.15) is 17.8 Å². The van der Waals surface area contributed by atoms with Crippen molar-refractivity contribution in [1.82, 2.24) is 4.57 Å². The maximum Gasteiger partial charge on any atom is 0.135 e. The lowest BCUT2D eigenvalue weighted by atomic mass is 9.92. The standard InChI is InChI=1S/C40H25NO/c1-2-10-31(11-3-1)41-36-14-5-4-12-32(36)34-24-29(20-22-37(34)41)26-16-18-27(19-17-26)30-21-23-38-35(25-30)33-13-6-8-28-9-7-15-39(42-38)40(28)33/h1-25H/i6D,7D,8D,9D,13D,15D,16D,17D,18D,19D,21D,23D,25D. The summed E-state index contributed by atoms with van der Waals surface area (Å²) in [5.74, 6) is -0.781. The van der Waals surface area contributed by atoms with E-state index in [2.05, 4.69) is 4.57 Å². The molecule has 2 heterocycles. The third-order valence-electron chi connectivity index (χ3n) is 7.55. The van der Waals surface area contributed by atoms with Gasteiger partial charge in [0.2, 0.25) is 0 Å². The molecule has 0 atom stereocenters. The van der Waals surface area contributed by atoms with Crippen molar-refractivity contribution in [1.29, 1.82) is 0 Å². The molecule has 196 valence electrons. The molecule has 0 aliphatic carbocycles. The molecular formula is C40H25NO. The van der Waals surface area contributed by atoms with Crippen LogP contribution < -0.4 is 4.74 Å². The van der Waals surface area contributed by atoms with Crippen molar-refractivity contribution in [2.24, 2.45) is 0 Å². The van der Waals surface area contributed by atoms with Crippen LogP contribution in [0.3, 0.4) is 0 Å². The third kappa shape index (κ3) is 3.45. The molecule has 0 saturated carbocycles. The first kappa shape index (κ1) is 13.8. The van der Waals surface area contributed by atoms with Crippen molar-refractivity contribution in [2.75, 3.05) is 0 Å². The van der Waals surface area contributed by atoms with Gasteiger partial charge in [-0.2, -0.15) is 0 Å². The number of para-hydroxylation sites is 2.